The Labute approximate surface area is 441 Å². The fourth-order valence-electron chi connectivity index (χ4n) is 3.95. The lowest BCUT2D eigenvalue weighted by Gasteiger charge is -2.05. The summed E-state index contributed by atoms with van der Waals surface area (Å²) in [5.74, 6) is 7.31. The van der Waals surface area contributed by atoms with E-state index in [1.54, 1.807) is 68.9 Å². The highest BCUT2D eigenvalue weighted by molar-refractivity contribution is 7.99. The van der Waals surface area contributed by atoms with Crippen molar-refractivity contribution >= 4 is 131 Å². The predicted octanol–water partition coefficient (Wildman–Crippen LogP) is 13.2. The zero-order valence-corrected chi connectivity index (χ0v) is 48.2. The third-order valence-corrected chi connectivity index (χ3v) is 16.9. The van der Waals surface area contributed by atoms with Crippen LogP contribution in [0.4, 0.5) is 13.2 Å². The van der Waals surface area contributed by atoms with E-state index in [1.165, 1.54) is 26.8 Å². The third-order valence-electron chi connectivity index (χ3n) is 7.51. The number of halogens is 4. The molecule has 68 heavy (non-hydrogen) atoms. The average Bonchev–Trinajstić information content (AvgIpc) is 4.07. The Balaban J connectivity index is 0.000000875. The SMILES string of the molecule is CC(C)C(N)=S.CC(C)c1nc(CCl)cs1.CC(C)c1nc(CSCCC#N)cs1.CC(C)c1nc(CSCCC(=N)N)cs1.CC(C)c1nc(CSCCC(N)=NS(=O)(=O)OC(F)(F)F)cs1. The second kappa shape index (κ2) is 35.9. The minimum absolute atomic E-state index is 0.0201. The van der Waals surface area contributed by atoms with Crippen LogP contribution in [0.15, 0.2) is 25.9 Å². The van der Waals surface area contributed by atoms with E-state index < -0.39 is 22.5 Å². The quantitative estimate of drug-likeness (QED) is 0.0188. The van der Waals surface area contributed by atoms with Gasteiger partial charge in [0.05, 0.1) is 65.6 Å². The summed E-state index contributed by atoms with van der Waals surface area (Å²) in [5.41, 5.74) is 19.9. The van der Waals surface area contributed by atoms with Crippen molar-refractivity contribution < 1.29 is 25.8 Å². The van der Waals surface area contributed by atoms with Crippen LogP contribution in [0.5, 0.6) is 0 Å². The number of nitrogens with zero attached hydrogens (tertiary/aromatic N) is 6. The van der Waals surface area contributed by atoms with Crippen molar-refractivity contribution in [3.63, 3.8) is 0 Å². The molecule has 4 aromatic heterocycles. The lowest BCUT2D eigenvalue weighted by Crippen LogP contribution is -2.22. The lowest BCUT2D eigenvalue weighted by molar-refractivity contribution is -0.271. The van der Waals surface area contributed by atoms with Gasteiger partial charge in [-0.3, -0.25) is 5.41 Å². The fourth-order valence-corrected chi connectivity index (χ4v) is 10.9. The predicted molar refractivity (Wildman–Crippen MR) is 294 cm³/mol. The van der Waals surface area contributed by atoms with Crippen LogP contribution < -0.4 is 17.2 Å². The van der Waals surface area contributed by atoms with Gasteiger partial charge in [0.15, 0.2) is 0 Å². The Hall–Kier alpha value is -2.12. The first-order valence-electron chi connectivity index (χ1n) is 21.1. The molecule has 0 spiro atoms. The summed E-state index contributed by atoms with van der Waals surface area (Å²) in [5, 5.41) is 28.3. The van der Waals surface area contributed by atoms with E-state index >= 15 is 0 Å². The fraction of sp³-hybridized carbons (Fsp3) is 0.619. The topological polar surface area (TPSA) is 233 Å². The average molecular weight is 1140 g/mol. The maximum atomic E-state index is 11.8. The Kier molecular flexibility index (Phi) is 34.8. The van der Waals surface area contributed by atoms with Crippen LogP contribution in [0.25, 0.3) is 0 Å². The number of alkyl halides is 4. The van der Waals surface area contributed by atoms with Gasteiger partial charge >= 0.3 is 16.7 Å². The summed E-state index contributed by atoms with van der Waals surface area (Å²) >= 11 is 21.9. The van der Waals surface area contributed by atoms with Gasteiger partial charge in [0.1, 0.15) is 5.84 Å². The van der Waals surface area contributed by atoms with E-state index in [2.05, 4.69) is 99.1 Å². The van der Waals surface area contributed by atoms with E-state index in [0.29, 0.717) is 64.8 Å². The van der Waals surface area contributed by atoms with Crippen molar-refractivity contribution in [1.82, 2.24) is 19.9 Å². The van der Waals surface area contributed by atoms with Crippen LogP contribution in [-0.2, 0) is 37.6 Å². The monoisotopic (exact) mass is 1140 g/mol. The van der Waals surface area contributed by atoms with Gasteiger partial charge in [0.2, 0.25) is 0 Å². The standard InChI is InChI=1S/C11H16F3N3O3S3.C10H17N3S2.C10H14N2S2.C7H10ClNS.C4H9NS/c1-7(2)10-16-8(6-22-10)5-21-4-3-9(15)17-23(18,19)20-11(12,13)14;1-7(2)10-13-8(6-15-10)5-14-4-3-9(11)12;1-8(2)10-12-9(7-14-10)6-13-5-3-4-11;1-5(2)7-9-6(3-8)4-10-7;1-3(2)4(5)6/h6-7H,3-5H2,1-2H3,(H2,15,17);6-7H,3-5H2,1-2H3,(H3,11,12);7-8H,3,5-6H2,1-2H3;4-5H,3H2,1-2H3;3H,1-2H3,(H2,5,6). The van der Waals surface area contributed by atoms with E-state index in [1.807, 2.05) is 38.5 Å². The number of thiazole rings is 4. The molecule has 0 bridgehead atoms. The molecule has 0 aliphatic heterocycles. The van der Waals surface area contributed by atoms with Gasteiger partial charge in [0.25, 0.3) is 0 Å². The summed E-state index contributed by atoms with van der Waals surface area (Å²) in [6.45, 7) is 20.9. The van der Waals surface area contributed by atoms with Crippen LogP contribution >= 0.6 is 104 Å². The highest BCUT2D eigenvalue weighted by atomic mass is 35.5. The molecule has 13 nitrogen and oxygen atoms in total. The molecule has 0 fully saturated rings. The van der Waals surface area contributed by atoms with Gasteiger partial charge in [-0.05, 0) is 0 Å². The van der Waals surface area contributed by atoms with E-state index in [4.69, 9.17) is 39.5 Å². The van der Waals surface area contributed by atoms with Crippen LogP contribution in [0.1, 0.15) is 155 Å². The summed E-state index contributed by atoms with van der Waals surface area (Å²) < 4.78 is 63.1. The van der Waals surface area contributed by atoms with Crippen molar-refractivity contribution in [3.05, 3.63) is 64.3 Å². The minimum atomic E-state index is -5.32. The highest BCUT2D eigenvalue weighted by Gasteiger charge is 2.37. The molecule has 0 amide bonds. The van der Waals surface area contributed by atoms with Crippen molar-refractivity contribution in [2.75, 3.05) is 17.3 Å². The van der Waals surface area contributed by atoms with Gasteiger partial charge in [-0.1, -0.05) is 81.5 Å². The molecule has 0 aliphatic carbocycles. The largest absolute Gasteiger partial charge is 0.538 e. The van der Waals surface area contributed by atoms with Crippen molar-refractivity contribution in [2.45, 2.75) is 142 Å². The first-order chi connectivity index (χ1) is 31.7. The number of nitriles is 1. The number of hydrogen-bond donors (Lipinski definition) is 4. The minimum Gasteiger partial charge on any atom is -0.393 e. The molecule has 0 saturated heterocycles. The molecule has 26 heteroatoms. The lowest BCUT2D eigenvalue weighted by atomic mass is 10.2. The molecule has 0 radical (unpaired) electrons. The Bertz CT molecular complexity index is 2200. The number of thioether (sulfide) groups is 3. The number of nitrogens with one attached hydrogen (secondary N) is 1. The number of hydrogen-bond acceptors (Lipinski definition) is 17. The van der Waals surface area contributed by atoms with Crippen LogP contribution in [0.3, 0.4) is 0 Å². The smallest absolute Gasteiger partial charge is 0.393 e. The van der Waals surface area contributed by atoms with E-state index in [-0.39, 0.29) is 12.3 Å². The number of aromatic nitrogens is 4. The van der Waals surface area contributed by atoms with E-state index in [9.17, 15) is 21.6 Å². The van der Waals surface area contributed by atoms with Crippen LogP contribution in [0, 0.1) is 22.7 Å². The van der Waals surface area contributed by atoms with Crippen LogP contribution in [-0.4, -0.2) is 68.6 Å². The summed E-state index contributed by atoms with van der Waals surface area (Å²) in [4.78, 5) is 18.4. The van der Waals surface area contributed by atoms with Crippen molar-refractivity contribution in [2.24, 2.45) is 27.5 Å². The number of thiocarbonyl (C=S) groups is 1. The van der Waals surface area contributed by atoms with Gasteiger partial charge in [0, 0.05) is 105 Å². The Morgan fingerprint density at radius 1 is 0.735 bits per heavy atom. The summed E-state index contributed by atoms with van der Waals surface area (Å²) in [6, 6.07) is 2.14. The normalized spacial score (nSPS) is 11.6. The molecule has 4 aromatic rings. The molecular formula is C42H66ClF3N10O3S9. The molecule has 0 unspecified atom stereocenters. The first-order valence-corrected chi connectivity index (χ1v) is 30.4. The molecule has 384 valence electrons. The number of amidine groups is 2. The van der Waals surface area contributed by atoms with Crippen LogP contribution in [0.2, 0.25) is 0 Å². The first kappa shape index (κ1) is 65.9. The number of rotatable bonds is 22. The van der Waals surface area contributed by atoms with Gasteiger partial charge < -0.3 is 17.2 Å². The second-order valence-electron chi connectivity index (χ2n) is 15.6. The zero-order valence-electron chi connectivity index (χ0n) is 40.1. The summed E-state index contributed by atoms with van der Waals surface area (Å²) in [7, 11) is -5.12. The Morgan fingerprint density at radius 3 is 1.35 bits per heavy atom. The van der Waals surface area contributed by atoms with Crippen molar-refractivity contribution in [3.8, 4) is 6.07 Å². The molecule has 7 N–H and O–H groups in total. The molecule has 4 rings (SSSR count). The molecule has 0 saturated carbocycles. The van der Waals surface area contributed by atoms with Gasteiger partial charge in [-0.15, -0.1) is 74.5 Å². The maximum absolute atomic E-state index is 11.8. The maximum Gasteiger partial charge on any atom is 0.538 e. The molecule has 0 atom stereocenters. The zero-order chi connectivity index (χ0) is 52.0. The molecular weight excluding hydrogens is 1070 g/mol. The molecule has 0 aromatic carbocycles. The number of nitrogens with two attached hydrogens (primary N) is 3. The van der Waals surface area contributed by atoms with Gasteiger partial charge in [-0.2, -0.15) is 53.1 Å². The summed E-state index contributed by atoms with van der Waals surface area (Å²) in [6.07, 6.45) is -4.00. The highest BCUT2D eigenvalue weighted by Crippen LogP contribution is 2.25. The van der Waals surface area contributed by atoms with E-state index in [0.717, 1.165) is 50.8 Å². The third kappa shape index (κ3) is 33.5. The van der Waals surface area contributed by atoms with Gasteiger partial charge in [-0.25, -0.2) is 19.9 Å². The second-order valence-corrected chi connectivity index (χ2v) is 24.5. The molecule has 4 heterocycles. The molecule has 0 aliphatic rings. The van der Waals surface area contributed by atoms with Crippen molar-refractivity contribution in [1.29, 1.82) is 10.7 Å². The Morgan fingerprint density at radius 2 is 1.07 bits per heavy atom.